The Hall–Kier alpha value is -0.930. The fraction of sp³-hybridized carbons (Fsp3) is 0.250. The lowest BCUT2D eigenvalue weighted by molar-refractivity contribution is -0.138. The summed E-state index contributed by atoms with van der Waals surface area (Å²) >= 11 is 6.43. The molecule has 0 bridgehead atoms. The van der Waals surface area contributed by atoms with Crippen LogP contribution >= 0.6 is 39.0 Å². The van der Waals surface area contributed by atoms with Gasteiger partial charge in [-0.1, -0.05) is 11.8 Å². The third-order valence-electron chi connectivity index (χ3n) is 1.76. The number of rotatable bonds is 5. The molecule has 0 aliphatic rings. The van der Waals surface area contributed by atoms with Crippen molar-refractivity contribution in [3.63, 3.8) is 0 Å². The van der Waals surface area contributed by atoms with Gasteiger partial charge in [0.05, 0.1) is 3.79 Å². The zero-order valence-corrected chi connectivity index (χ0v) is 11.6. The third-order valence-corrected chi connectivity index (χ3v) is 4.57. The number of aliphatic carboxylic acids is 1. The Balaban J connectivity index is 1.99. The van der Waals surface area contributed by atoms with E-state index >= 15 is 0 Å². The first kappa shape index (κ1) is 12.5. The van der Waals surface area contributed by atoms with Crippen LogP contribution in [-0.4, -0.2) is 31.3 Å². The molecule has 6 nitrogen and oxygen atoms in total. The SMILES string of the molecule is O=C(O)Cn1nnnc1SCc1ccc(Br)s1. The van der Waals surface area contributed by atoms with E-state index in [1.165, 1.54) is 21.3 Å². The number of carbonyl (C=O) groups is 1. The molecule has 0 aliphatic carbocycles. The first-order chi connectivity index (χ1) is 8.15. The van der Waals surface area contributed by atoms with E-state index in [4.69, 9.17) is 5.11 Å². The van der Waals surface area contributed by atoms with Crippen molar-refractivity contribution in [2.45, 2.75) is 17.5 Å². The Kier molecular flexibility index (Phi) is 4.13. The molecule has 0 fully saturated rings. The molecular formula is C8H7BrN4O2S2. The summed E-state index contributed by atoms with van der Waals surface area (Å²) in [5, 5.41) is 20.1. The molecule has 2 aromatic heterocycles. The Labute approximate surface area is 113 Å². The van der Waals surface area contributed by atoms with Gasteiger partial charge in [-0.05, 0) is 38.5 Å². The van der Waals surface area contributed by atoms with Gasteiger partial charge in [0.25, 0.3) is 0 Å². The number of hydrogen-bond acceptors (Lipinski definition) is 6. The maximum atomic E-state index is 10.6. The van der Waals surface area contributed by atoms with Crippen molar-refractivity contribution in [3.05, 3.63) is 20.8 Å². The number of thiophene rings is 1. The summed E-state index contributed by atoms with van der Waals surface area (Å²) in [7, 11) is 0. The molecule has 2 rings (SSSR count). The van der Waals surface area contributed by atoms with Crippen molar-refractivity contribution in [1.29, 1.82) is 0 Å². The van der Waals surface area contributed by atoms with Crippen LogP contribution in [0.1, 0.15) is 4.88 Å². The van der Waals surface area contributed by atoms with E-state index in [0.717, 1.165) is 9.54 Å². The van der Waals surface area contributed by atoms with E-state index in [0.29, 0.717) is 5.16 Å². The molecule has 2 heterocycles. The number of carboxylic acid groups (broad SMARTS) is 1. The molecular weight excluding hydrogens is 328 g/mol. The average Bonchev–Trinajstić information content (AvgIpc) is 2.84. The van der Waals surface area contributed by atoms with Crippen LogP contribution in [0.5, 0.6) is 0 Å². The van der Waals surface area contributed by atoms with Gasteiger partial charge in [-0.25, -0.2) is 4.68 Å². The van der Waals surface area contributed by atoms with E-state index < -0.39 is 5.97 Å². The summed E-state index contributed by atoms with van der Waals surface area (Å²) in [6.07, 6.45) is 0. The molecule has 0 aliphatic heterocycles. The van der Waals surface area contributed by atoms with Gasteiger partial charge in [0.1, 0.15) is 6.54 Å². The Morgan fingerprint density at radius 1 is 1.59 bits per heavy atom. The quantitative estimate of drug-likeness (QED) is 0.840. The van der Waals surface area contributed by atoms with Crippen LogP contribution in [0.15, 0.2) is 21.1 Å². The van der Waals surface area contributed by atoms with Crippen molar-refractivity contribution >= 4 is 45.0 Å². The highest BCUT2D eigenvalue weighted by molar-refractivity contribution is 9.11. The largest absolute Gasteiger partial charge is 0.480 e. The minimum Gasteiger partial charge on any atom is -0.480 e. The maximum absolute atomic E-state index is 10.6. The molecule has 0 unspecified atom stereocenters. The molecule has 1 N–H and O–H groups in total. The standard InChI is InChI=1S/C8H7BrN4O2S2/c9-6-2-1-5(17-6)4-16-8-10-11-12-13(8)3-7(14)15/h1-2H,3-4H2,(H,14,15). The van der Waals surface area contributed by atoms with Gasteiger partial charge in [-0.15, -0.1) is 16.4 Å². The van der Waals surface area contributed by atoms with Crippen LogP contribution in [-0.2, 0) is 17.1 Å². The summed E-state index contributed by atoms with van der Waals surface area (Å²) in [5.41, 5.74) is 0. The van der Waals surface area contributed by atoms with Crippen molar-refractivity contribution < 1.29 is 9.90 Å². The molecule has 0 saturated carbocycles. The molecule has 0 radical (unpaired) electrons. The van der Waals surface area contributed by atoms with Crippen LogP contribution in [0.3, 0.4) is 0 Å². The number of tetrazole rings is 1. The summed E-state index contributed by atoms with van der Waals surface area (Å²) in [6.45, 7) is -0.219. The van der Waals surface area contributed by atoms with E-state index in [1.54, 1.807) is 11.3 Å². The second kappa shape index (κ2) is 5.61. The zero-order valence-electron chi connectivity index (χ0n) is 8.41. The second-order valence-electron chi connectivity index (χ2n) is 3.01. The van der Waals surface area contributed by atoms with Gasteiger partial charge in [0, 0.05) is 10.6 Å². The number of nitrogens with zero attached hydrogens (tertiary/aromatic N) is 4. The highest BCUT2D eigenvalue weighted by Crippen LogP contribution is 2.27. The zero-order chi connectivity index (χ0) is 12.3. The number of hydrogen-bond donors (Lipinski definition) is 1. The predicted octanol–water partition coefficient (Wildman–Crippen LogP) is 1.87. The van der Waals surface area contributed by atoms with Crippen molar-refractivity contribution in [3.8, 4) is 0 Å². The highest BCUT2D eigenvalue weighted by Gasteiger charge is 2.10. The maximum Gasteiger partial charge on any atom is 0.325 e. The Bertz CT molecular complexity index is 527. The molecule has 90 valence electrons. The molecule has 0 atom stereocenters. The van der Waals surface area contributed by atoms with Crippen LogP contribution < -0.4 is 0 Å². The minimum atomic E-state index is -0.960. The topological polar surface area (TPSA) is 80.9 Å². The first-order valence-corrected chi connectivity index (χ1v) is 7.09. The van der Waals surface area contributed by atoms with Gasteiger partial charge in [0.15, 0.2) is 0 Å². The monoisotopic (exact) mass is 334 g/mol. The molecule has 9 heteroatoms. The lowest BCUT2D eigenvalue weighted by Gasteiger charge is -1.99. The number of thioether (sulfide) groups is 1. The molecule has 0 aromatic carbocycles. The van der Waals surface area contributed by atoms with E-state index in [2.05, 4.69) is 31.5 Å². The Morgan fingerprint density at radius 2 is 2.41 bits per heavy atom. The molecule has 0 saturated heterocycles. The fourth-order valence-corrected chi connectivity index (χ4v) is 3.50. The van der Waals surface area contributed by atoms with E-state index in [9.17, 15) is 4.79 Å². The van der Waals surface area contributed by atoms with Crippen molar-refractivity contribution in [1.82, 2.24) is 20.2 Å². The number of aromatic nitrogens is 4. The summed E-state index contributed by atoms with van der Waals surface area (Å²) < 4.78 is 2.34. The van der Waals surface area contributed by atoms with E-state index in [1.807, 2.05) is 12.1 Å². The summed E-state index contributed by atoms with van der Waals surface area (Å²) in [4.78, 5) is 11.7. The molecule has 17 heavy (non-hydrogen) atoms. The smallest absolute Gasteiger partial charge is 0.325 e. The van der Waals surface area contributed by atoms with Crippen LogP contribution in [0.4, 0.5) is 0 Å². The van der Waals surface area contributed by atoms with Crippen molar-refractivity contribution in [2.24, 2.45) is 0 Å². The predicted molar refractivity (Wildman–Crippen MR) is 67.0 cm³/mol. The average molecular weight is 335 g/mol. The summed E-state index contributed by atoms with van der Waals surface area (Å²) in [6, 6.07) is 3.98. The molecule has 2 aromatic rings. The van der Waals surface area contributed by atoms with Crippen LogP contribution in [0.2, 0.25) is 0 Å². The van der Waals surface area contributed by atoms with Crippen molar-refractivity contribution in [2.75, 3.05) is 0 Å². The number of carboxylic acids is 1. The van der Waals surface area contributed by atoms with Gasteiger partial charge in [0.2, 0.25) is 5.16 Å². The van der Waals surface area contributed by atoms with Crippen LogP contribution in [0.25, 0.3) is 0 Å². The van der Waals surface area contributed by atoms with E-state index in [-0.39, 0.29) is 6.54 Å². The lowest BCUT2D eigenvalue weighted by Crippen LogP contribution is -2.11. The first-order valence-electron chi connectivity index (χ1n) is 4.50. The summed E-state index contributed by atoms with van der Waals surface area (Å²) in [5.74, 6) is -0.242. The fourth-order valence-electron chi connectivity index (χ4n) is 1.09. The van der Waals surface area contributed by atoms with Gasteiger partial charge in [-0.3, -0.25) is 4.79 Å². The van der Waals surface area contributed by atoms with Gasteiger partial charge >= 0.3 is 5.97 Å². The number of halogens is 1. The highest BCUT2D eigenvalue weighted by atomic mass is 79.9. The Morgan fingerprint density at radius 3 is 3.06 bits per heavy atom. The minimum absolute atomic E-state index is 0.219. The van der Waals surface area contributed by atoms with Gasteiger partial charge in [-0.2, -0.15) is 0 Å². The second-order valence-corrected chi connectivity index (χ2v) is 6.50. The normalized spacial score (nSPS) is 10.6. The van der Waals surface area contributed by atoms with Crippen LogP contribution in [0, 0.1) is 0 Å². The molecule has 0 amide bonds. The third kappa shape index (κ3) is 3.51. The molecule has 0 spiro atoms. The lowest BCUT2D eigenvalue weighted by atomic mass is 10.5. The van der Waals surface area contributed by atoms with Gasteiger partial charge < -0.3 is 5.11 Å².